The molecule has 1 fully saturated rings. The van der Waals surface area contributed by atoms with Crippen molar-refractivity contribution < 1.29 is 23.8 Å². The van der Waals surface area contributed by atoms with Gasteiger partial charge < -0.3 is 19.1 Å². The van der Waals surface area contributed by atoms with Gasteiger partial charge in [0.2, 0.25) is 0 Å². The van der Waals surface area contributed by atoms with Crippen LogP contribution in [0, 0.1) is 0 Å². The Kier molecular flexibility index (Phi) is 6.17. The van der Waals surface area contributed by atoms with Crippen molar-refractivity contribution in [3.05, 3.63) is 35.9 Å². The van der Waals surface area contributed by atoms with Crippen molar-refractivity contribution in [2.24, 2.45) is 0 Å². The van der Waals surface area contributed by atoms with Gasteiger partial charge in [-0.1, -0.05) is 12.1 Å². The van der Waals surface area contributed by atoms with Crippen LogP contribution in [0.25, 0.3) is 6.08 Å². The summed E-state index contributed by atoms with van der Waals surface area (Å²) in [6.45, 7) is 3.21. The number of rotatable bonds is 5. The fourth-order valence-corrected chi connectivity index (χ4v) is 2.23. The summed E-state index contributed by atoms with van der Waals surface area (Å²) in [5, 5.41) is 0. The average molecular weight is 319 g/mol. The van der Waals surface area contributed by atoms with Crippen molar-refractivity contribution in [3.63, 3.8) is 0 Å². The average Bonchev–Trinajstić information content (AvgIpc) is 2.58. The standard InChI is InChI=1S/C17H21NO5/c1-13-11-18(8-9-22-13)16(19)12-23-17(20)7-6-14-4-3-5-15(10-14)21-2/h3-7,10,13H,8-9,11-12H2,1-2H3/b7-6+. The third kappa shape index (κ3) is 5.41. The molecule has 0 bridgehead atoms. The summed E-state index contributed by atoms with van der Waals surface area (Å²) in [6.07, 6.45) is 2.92. The minimum absolute atomic E-state index is 0.0105. The Balaban J connectivity index is 1.80. The summed E-state index contributed by atoms with van der Waals surface area (Å²) in [7, 11) is 1.58. The molecule has 1 aliphatic rings. The molecule has 1 unspecified atom stereocenters. The van der Waals surface area contributed by atoms with Crippen LogP contribution >= 0.6 is 0 Å². The second-order valence-electron chi connectivity index (χ2n) is 5.24. The Morgan fingerprint density at radius 3 is 3.00 bits per heavy atom. The molecule has 1 heterocycles. The van der Waals surface area contributed by atoms with Gasteiger partial charge in [-0.25, -0.2) is 4.79 Å². The highest BCUT2D eigenvalue weighted by molar-refractivity contribution is 5.89. The summed E-state index contributed by atoms with van der Waals surface area (Å²) >= 11 is 0. The zero-order valence-corrected chi connectivity index (χ0v) is 13.4. The summed E-state index contributed by atoms with van der Waals surface area (Å²) in [4.78, 5) is 25.3. The van der Waals surface area contributed by atoms with E-state index in [2.05, 4.69) is 0 Å². The van der Waals surface area contributed by atoms with Gasteiger partial charge in [0.25, 0.3) is 5.91 Å². The predicted molar refractivity (Wildman–Crippen MR) is 85.0 cm³/mol. The number of nitrogens with zero attached hydrogens (tertiary/aromatic N) is 1. The summed E-state index contributed by atoms with van der Waals surface area (Å²) in [5.41, 5.74) is 0.814. The third-order valence-electron chi connectivity index (χ3n) is 3.44. The molecule has 0 spiro atoms. The first-order valence-electron chi connectivity index (χ1n) is 7.47. The monoisotopic (exact) mass is 319 g/mol. The minimum atomic E-state index is -0.553. The summed E-state index contributed by atoms with van der Waals surface area (Å²) in [5.74, 6) is -0.0529. The van der Waals surface area contributed by atoms with Gasteiger partial charge in [0.05, 0.1) is 19.8 Å². The van der Waals surface area contributed by atoms with Gasteiger partial charge in [-0.3, -0.25) is 4.79 Å². The zero-order valence-electron chi connectivity index (χ0n) is 13.4. The molecule has 1 aromatic rings. The van der Waals surface area contributed by atoms with E-state index in [1.807, 2.05) is 25.1 Å². The number of carbonyl (C=O) groups excluding carboxylic acids is 2. The van der Waals surface area contributed by atoms with Gasteiger partial charge in [-0.05, 0) is 30.7 Å². The molecule has 6 heteroatoms. The first kappa shape index (κ1) is 17.0. The van der Waals surface area contributed by atoms with Crippen LogP contribution in [-0.4, -0.2) is 56.3 Å². The normalized spacial score (nSPS) is 18.0. The summed E-state index contributed by atoms with van der Waals surface area (Å²) < 4.78 is 15.5. The number of amides is 1. The van der Waals surface area contributed by atoms with Gasteiger partial charge in [0.15, 0.2) is 6.61 Å². The van der Waals surface area contributed by atoms with E-state index in [1.165, 1.54) is 6.08 Å². The maximum Gasteiger partial charge on any atom is 0.331 e. The molecular formula is C17H21NO5. The van der Waals surface area contributed by atoms with Gasteiger partial charge >= 0.3 is 5.97 Å². The van der Waals surface area contributed by atoms with Crippen molar-refractivity contribution in [2.45, 2.75) is 13.0 Å². The van der Waals surface area contributed by atoms with E-state index in [0.717, 1.165) is 5.56 Å². The van der Waals surface area contributed by atoms with Crippen LogP contribution in [-0.2, 0) is 19.1 Å². The number of carbonyl (C=O) groups is 2. The first-order chi connectivity index (χ1) is 11.1. The van der Waals surface area contributed by atoms with Crippen molar-refractivity contribution in [1.82, 2.24) is 4.90 Å². The Morgan fingerprint density at radius 2 is 2.26 bits per heavy atom. The number of hydrogen-bond acceptors (Lipinski definition) is 5. The molecule has 2 rings (SSSR count). The molecule has 1 amide bonds. The second kappa shape index (κ2) is 8.33. The largest absolute Gasteiger partial charge is 0.497 e. The maximum atomic E-state index is 12.0. The van der Waals surface area contributed by atoms with E-state index in [4.69, 9.17) is 14.2 Å². The molecule has 1 aromatic carbocycles. The van der Waals surface area contributed by atoms with Crippen molar-refractivity contribution in [2.75, 3.05) is 33.4 Å². The minimum Gasteiger partial charge on any atom is -0.497 e. The Hall–Kier alpha value is -2.34. The lowest BCUT2D eigenvalue weighted by Crippen LogP contribution is -2.46. The van der Waals surface area contributed by atoms with Gasteiger partial charge in [0.1, 0.15) is 5.75 Å². The molecule has 0 aromatic heterocycles. The fraction of sp³-hybridized carbons (Fsp3) is 0.412. The lowest BCUT2D eigenvalue weighted by molar-refractivity contribution is -0.151. The lowest BCUT2D eigenvalue weighted by Gasteiger charge is -2.30. The topological polar surface area (TPSA) is 65.1 Å². The highest BCUT2D eigenvalue weighted by atomic mass is 16.5. The molecular weight excluding hydrogens is 298 g/mol. The first-order valence-corrected chi connectivity index (χ1v) is 7.47. The van der Waals surface area contributed by atoms with E-state index in [0.29, 0.717) is 25.4 Å². The number of methoxy groups -OCH3 is 1. The third-order valence-corrected chi connectivity index (χ3v) is 3.44. The number of esters is 1. The zero-order chi connectivity index (χ0) is 16.7. The van der Waals surface area contributed by atoms with E-state index in [9.17, 15) is 9.59 Å². The van der Waals surface area contributed by atoms with Crippen LogP contribution in [0.1, 0.15) is 12.5 Å². The molecule has 1 atom stereocenters. The van der Waals surface area contributed by atoms with Crippen LogP contribution in [0.3, 0.4) is 0 Å². The predicted octanol–water partition coefficient (Wildman–Crippen LogP) is 1.50. The smallest absolute Gasteiger partial charge is 0.331 e. The van der Waals surface area contributed by atoms with Crippen LogP contribution < -0.4 is 4.74 Å². The van der Waals surface area contributed by atoms with Crippen molar-refractivity contribution in [3.8, 4) is 5.75 Å². The Labute approximate surface area is 135 Å². The van der Waals surface area contributed by atoms with E-state index >= 15 is 0 Å². The van der Waals surface area contributed by atoms with Gasteiger partial charge in [-0.2, -0.15) is 0 Å². The quantitative estimate of drug-likeness (QED) is 0.608. The van der Waals surface area contributed by atoms with E-state index < -0.39 is 5.97 Å². The highest BCUT2D eigenvalue weighted by Gasteiger charge is 2.21. The van der Waals surface area contributed by atoms with E-state index in [-0.39, 0.29) is 18.6 Å². The second-order valence-corrected chi connectivity index (χ2v) is 5.24. The maximum absolute atomic E-state index is 12.0. The lowest BCUT2D eigenvalue weighted by atomic mass is 10.2. The number of benzene rings is 1. The fourth-order valence-electron chi connectivity index (χ4n) is 2.23. The number of ether oxygens (including phenoxy) is 3. The van der Waals surface area contributed by atoms with Gasteiger partial charge in [-0.15, -0.1) is 0 Å². The number of hydrogen-bond donors (Lipinski definition) is 0. The molecule has 0 N–H and O–H groups in total. The molecule has 1 saturated heterocycles. The van der Waals surface area contributed by atoms with Crippen LogP contribution in [0.2, 0.25) is 0 Å². The van der Waals surface area contributed by atoms with Crippen molar-refractivity contribution >= 4 is 18.0 Å². The Morgan fingerprint density at radius 1 is 1.43 bits per heavy atom. The van der Waals surface area contributed by atoms with Crippen LogP contribution in [0.15, 0.2) is 30.3 Å². The molecule has 23 heavy (non-hydrogen) atoms. The van der Waals surface area contributed by atoms with E-state index in [1.54, 1.807) is 24.2 Å². The molecule has 124 valence electrons. The van der Waals surface area contributed by atoms with Crippen LogP contribution in [0.4, 0.5) is 0 Å². The SMILES string of the molecule is COc1cccc(/C=C/C(=O)OCC(=O)N2CCOC(C)C2)c1. The Bertz CT molecular complexity index is 584. The highest BCUT2D eigenvalue weighted by Crippen LogP contribution is 2.13. The molecule has 1 aliphatic heterocycles. The molecule has 0 saturated carbocycles. The van der Waals surface area contributed by atoms with Crippen molar-refractivity contribution in [1.29, 1.82) is 0 Å². The molecule has 0 radical (unpaired) electrons. The van der Waals surface area contributed by atoms with Crippen LogP contribution in [0.5, 0.6) is 5.75 Å². The molecule has 0 aliphatic carbocycles. The van der Waals surface area contributed by atoms with Gasteiger partial charge in [0, 0.05) is 19.2 Å². The summed E-state index contributed by atoms with van der Waals surface area (Å²) in [6, 6.07) is 7.28. The molecule has 6 nitrogen and oxygen atoms in total. The number of morpholine rings is 1.